The van der Waals surface area contributed by atoms with E-state index in [0.717, 1.165) is 30.0 Å². The second-order valence-electron chi connectivity index (χ2n) is 4.43. The molecule has 0 aromatic carbocycles. The molecular weight excluding hydrogens is 272 g/mol. The standard InChI is InChI=1S/C15H20N2O2S/c1-4-5-17-15(14-7-13(19-3)10-20-14)11-6-12(18-2)9-16-8-11/h6-10,15,17H,4-5H2,1-3H3. The third kappa shape index (κ3) is 3.49. The second-order valence-corrected chi connectivity index (χ2v) is 5.38. The first kappa shape index (κ1) is 14.8. The molecule has 2 aromatic heterocycles. The molecule has 0 spiro atoms. The summed E-state index contributed by atoms with van der Waals surface area (Å²) in [4.78, 5) is 5.46. The molecule has 5 heteroatoms. The lowest BCUT2D eigenvalue weighted by molar-refractivity contribution is 0.411. The van der Waals surface area contributed by atoms with Gasteiger partial charge < -0.3 is 14.8 Å². The quantitative estimate of drug-likeness (QED) is 0.850. The summed E-state index contributed by atoms with van der Waals surface area (Å²) in [5.74, 6) is 1.67. The summed E-state index contributed by atoms with van der Waals surface area (Å²) in [6, 6.07) is 4.20. The Balaban J connectivity index is 2.30. The largest absolute Gasteiger partial charge is 0.496 e. The van der Waals surface area contributed by atoms with Crippen LogP contribution in [0, 0.1) is 0 Å². The highest BCUT2D eigenvalue weighted by Gasteiger charge is 2.17. The zero-order valence-electron chi connectivity index (χ0n) is 12.1. The van der Waals surface area contributed by atoms with Crippen molar-refractivity contribution in [2.24, 2.45) is 0 Å². The van der Waals surface area contributed by atoms with Crippen LogP contribution in [0.1, 0.15) is 29.8 Å². The summed E-state index contributed by atoms with van der Waals surface area (Å²) in [7, 11) is 3.34. The number of hydrogen-bond acceptors (Lipinski definition) is 5. The minimum atomic E-state index is 0.117. The van der Waals surface area contributed by atoms with Crippen molar-refractivity contribution in [3.05, 3.63) is 40.3 Å². The van der Waals surface area contributed by atoms with Crippen LogP contribution in [0.15, 0.2) is 29.9 Å². The van der Waals surface area contributed by atoms with Crippen molar-refractivity contribution in [3.63, 3.8) is 0 Å². The molecule has 0 radical (unpaired) electrons. The molecule has 0 amide bonds. The second kappa shape index (κ2) is 7.26. The van der Waals surface area contributed by atoms with Crippen molar-refractivity contribution in [2.75, 3.05) is 20.8 Å². The van der Waals surface area contributed by atoms with Gasteiger partial charge in [0, 0.05) is 16.5 Å². The molecule has 2 rings (SSSR count). The van der Waals surface area contributed by atoms with Crippen LogP contribution < -0.4 is 14.8 Å². The molecule has 2 aromatic rings. The van der Waals surface area contributed by atoms with E-state index in [4.69, 9.17) is 9.47 Å². The monoisotopic (exact) mass is 292 g/mol. The Morgan fingerprint density at radius 1 is 1.20 bits per heavy atom. The van der Waals surface area contributed by atoms with Crippen molar-refractivity contribution in [2.45, 2.75) is 19.4 Å². The first-order valence-electron chi connectivity index (χ1n) is 6.63. The lowest BCUT2D eigenvalue weighted by Crippen LogP contribution is -2.22. The van der Waals surface area contributed by atoms with Crippen LogP contribution in [-0.2, 0) is 0 Å². The predicted octanol–water partition coefficient (Wildman–Crippen LogP) is 3.25. The predicted molar refractivity (Wildman–Crippen MR) is 81.8 cm³/mol. The molecule has 4 nitrogen and oxygen atoms in total. The van der Waals surface area contributed by atoms with Crippen molar-refractivity contribution < 1.29 is 9.47 Å². The number of aromatic nitrogens is 1. The average molecular weight is 292 g/mol. The van der Waals surface area contributed by atoms with E-state index in [1.54, 1.807) is 31.8 Å². The smallest absolute Gasteiger partial charge is 0.137 e. The number of pyridine rings is 1. The molecule has 1 N–H and O–H groups in total. The van der Waals surface area contributed by atoms with E-state index in [0.29, 0.717) is 0 Å². The minimum Gasteiger partial charge on any atom is -0.496 e. The number of thiophene rings is 1. The molecule has 20 heavy (non-hydrogen) atoms. The Labute approximate surface area is 123 Å². The van der Waals surface area contributed by atoms with Gasteiger partial charge in [-0.1, -0.05) is 6.92 Å². The number of nitrogens with one attached hydrogen (secondary N) is 1. The van der Waals surface area contributed by atoms with Crippen molar-refractivity contribution in [3.8, 4) is 11.5 Å². The van der Waals surface area contributed by atoms with E-state index in [1.807, 2.05) is 17.6 Å². The van der Waals surface area contributed by atoms with Crippen molar-refractivity contribution >= 4 is 11.3 Å². The number of ether oxygens (including phenoxy) is 2. The topological polar surface area (TPSA) is 43.4 Å². The van der Waals surface area contributed by atoms with E-state index in [1.165, 1.54) is 4.88 Å². The summed E-state index contributed by atoms with van der Waals surface area (Å²) >= 11 is 1.68. The molecule has 0 saturated carbocycles. The maximum Gasteiger partial charge on any atom is 0.137 e. The van der Waals surface area contributed by atoms with Gasteiger partial charge in [0.25, 0.3) is 0 Å². The lowest BCUT2D eigenvalue weighted by Gasteiger charge is -2.17. The Kier molecular flexibility index (Phi) is 5.38. The molecule has 0 fully saturated rings. The Hall–Kier alpha value is -1.59. The number of rotatable bonds is 7. The van der Waals surface area contributed by atoms with E-state index >= 15 is 0 Å². The van der Waals surface area contributed by atoms with Gasteiger partial charge in [-0.3, -0.25) is 4.98 Å². The molecule has 0 bridgehead atoms. The summed E-state index contributed by atoms with van der Waals surface area (Å²) in [6.07, 6.45) is 4.67. The SMILES string of the molecule is CCCNC(c1cncc(OC)c1)c1cc(OC)cs1. The average Bonchev–Trinajstić information content (AvgIpc) is 2.97. The maximum absolute atomic E-state index is 5.27. The van der Waals surface area contributed by atoms with Gasteiger partial charge in [-0.05, 0) is 30.7 Å². The van der Waals surface area contributed by atoms with E-state index in [9.17, 15) is 0 Å². The van der Waals surface area contributed by atoms with Gasteiger partial charge in [-0.15, -0.1) is 11.3 Å². The van der Waals surface area contributed by atoms with E-state index in [2.05, 4.69) is 23.3 Å². The van der Waals surface area contributed by atoms with Crippen LogP contribution in [0.2, 0.25) is 0 Å². The van der Waals surface area contributed by atoms with E-state index < -0.39 is 0 Å². The zero-order chi connectivity index (χ0) is 14.4. The Bertz CT molecular complexity index is 542. The molecule has 0 saturated heterocycles. The first-order chi connectivity index (χ1) is 9.78. The van der Waals surface area contributed by atoms with Gasteiger partial charge in [0.05, 0.1) is 26.5 Å². The third-order valence-electron chi connectivity index (χ3n) is 3.02. The van der Waals surface area contributed by atoms with Gasteiger partial charge in [0.15, 0.2) is 0 Å². The molecule has 0 aliphatic heterocycles. The molecule has 1 unspecified atom stereocenters. The molecule has 0 aliphatic carbocycles. The lowest BCUT2D eigenvalue weighted by atomic mass is 10.1. The van der Waals surface area contributed by atoms with Crippen LogP contribution in [0.25, 0.3) is 0 Å². The van der Waals surface area contributed by atoms with Crippen LogP contribution in [0.3, 0.4) is 0 Å². The fraction of sp³-hybridized carbons (Fsp3) is 0.400. The normalized spacial score (nSPS) is 12.2. The van der Waals surface area contributed by atoms with Crippen LogP contribution in [-0.4, -0.2) is 25.7 Å². The van der Waals surface area contributed by atoms with Crippen molar-refractivity contribution in [1.29, 1.82) is 0 Å². The fourth-order valence-electron chi connectivity index (χ4n) is 1.97. The van der Waals surface area contributed by atoms with Gasteiger partial charge >= 0.3 is 0 Å². The summed E-state index contributed by atoms with van der Waals surface area (Å²) in [5, 5.41) is 5.57. The van der Waals surface area contributed by atoms with Crippen LogP contribution in [0.5, 0.6) is 11.5 Å². The fourth-order valence-corrected chi connectivity index (χ4v) is 2.93. The molecule has 2 heterocycles. The van der Waals surface area contributed by atoms with Crippen molar-refractivity contribution in [1.82, 2.24) is 10.3 Å². The number of hydrogen-bond donors (Lipinski definition) is 1. The van der Waals surface area contributed by atoms with E-state index in [-0.39, 0.29) is 6.04 Å². The van der Waals surface area contributed by atoms with Gasteiger partial charge in [0.2, 0.25) is 0 Å². The summed E-state index contributed by atoms with van der Waals surface area (Å²) in [5.41, 5.74) is 1.10. The Morgan fingerprint density at radius 3 is 2.65 bits per heavy atom. The summed E-state index contributed by atoms with van der Waals surface area (Å²) in [6.45, 7) is 3.10. The highest BCUT2D eigenvalue weighted by atomic mass is 32.1. The number of nitrogens with zero attached hydrogens (tertiary/aromatic N) is 1. The zero-order valence-corrected chi connectivity index (χ0v) is 12.9. The minimum absolute atomic E-state index is 0.117. The van der Waals surface area contributed by atoms with Crippen LogP contribution >= 0.6 is 11.3 Å². The highest BCUT2D eigenvalue weighted by Crippen LogP contribution is 2.31. The van der Waals surface area contributed by atoms with Gasteiger partial charge in [-0.2, -0.15) is 0 Å². The van der Waals surface area contributed by atoms with Gasteiger partial charge in [-0.25, -0.2) is 0 Å². The third-order valence-corrected chi connectivity index (χ3v) is 3.99. The summed E-state index contributed by atoms with van der Waals surface area (Å²) < 4.78 is 10.5. The molecular formula is C15H20N2O2S. The molecule has 108 valence electrons. The maximum atomic E-state index is 5.27. The van der Waals surface area contributed by atoms with Crippen LogP contribution in [0.4, 0.5) is 0 Å². The molecule has 1 atom stereocenters. The highest BCUT2D eigenvalue weighted by molar-refractivity contribution is 7.10. The number of methoxy groups -OCH3 is 2. The Morgan fingerprint density at radius 2 is 2.00 bits per heavy atom. The molecule has 0 aliphatic rings. The first-order valence-corrected chi connectivity index (χ1v) is 7.51. The van der Waals surface area contributed by atoms with Gasteiger partial charge in [0.1, 0.15) is 11.5 Å².